The van der Waals surface area contributed by atoms with Crippen molar-refractivity contribution in [3.05, 3.63) is 45.5 Å². The summed E-state index contributed by atoms with van der Waals surface area (Å²) in [5.41, 5.74) is 1.01. The Kier molecular flexibility index (Phi) is 5.02. The van der Waals surface area contributed by atoms with Crippen molar-refractivity contribution < 1.29 is 5.11 Å². The molecule has 0 amide bonds. The molecule has 2 aromatic rings. The van der Waals surface area contributed by atoms with Gasteiger partial charge in [0.15, 0.2) is 0 Å². The van der Waals surface area contributed by atoms with E-state index >= 15 is 0 Å². The number of nitrogens with zero attached hydrogens (tertiary/aromatic N) is 3. The first kappa shape index (κ1) is 15.3. The van der Waals surface area contributed by atoms with Gasteiger partial charge in [-0.05, 0) is 31.0 Å². The fourth-order valence-electron chi connectivity index (χ4n) is 1.94. The zero-order valence-electron chi connectivity index (χ0n) is 11.5. The maximum atomic E-state index is 9.76. The van der Waals surface area contributed by atoms with Gasteiger partial charge in [0.1, 0.15) is 11.6 Å². The van der Waals surface area contributed by atoms with Crippen LogP contribution in [0.1, 0.15) is 30.6 Å². The molecular weight excluding hydrogens is 297 g/mol. The van der Waals surface area contributed by atoms with Crippen molar-refractivity contribution in [1.82, 2.24) is 14.8 Å². The first-order valence-corrected chi connectivity index (χ1v) is 7.27. The predicted octanol–water partition coefficient (Wildman–Crippen LogP) is 3.26. The Morgan fingerprint density at radius 3 is 2.70 bits per heavy atom. The fraction of sp³-hybridized carbons (Fsp3) is 0.429. The summed E-state index contributed by atoms with van der Waals surface area (Å²) in [5.74, 6) is 1.51. The molecule has 0 aliphatic heterocycles. The normalized spacial score (nSPS) is 12.7. The molecule has 0 saturated carbocycles. The molecule has 1 heterocycles. The van der Waals surface area contributed by atoms with Gasteiger partial charge in [-0.2, -0.15) is 5.10 Å². The second-order valence-corrected chi connectivity index (χ2v) is 5.56. The van der Waals surface area contributed by atoms with Gasteiger partial charge in [0, 0.05) is 6.42 Å². The minimum absolute atomic E-state index is 0.413. The third kappa shape index (κ3) is 3.72. The Bertz CT molecular complexity index is 598. The number of halogens is 2. The van der Waals surface area contributed by atoms with Crippen LogP contribution in [0, 0.1) is 6.92 Å². The average Bonchev–Trinajstić information content (AvgIpc) is 2.73. The molecule has 0 saturated heterocycles. The number of aryl methyl sites for hydroxylation is 1. The van der Waals surface area contributed by atoms with Crippen molar-refractivity contribution in [2.75, 3.05) is 0 Å². The molecule has 0 fully saturated rings. The quantitative estimate of drug-likeness (QED) is 0.921. The van der Waals surface area contributed by atoms with Crippen LogP contribution < -0.4 is 0 Å². The van der Waals surface area contributed by atoms with E-state index in [1.165, 1.54) is 0 Å². The second-order valence-electron chi connectivity index (χ2n) is 4.74. The number of aliphatic hydroxyl groups excluding tert-OH is 1. The Morgan fingerprint density at radius 2 is 2.05 bits per heavy atom. The highest BCUT2D eigenvalue weighted by molar-refractivity contribution is 6.42. The van der Waals surface area contributed by atoms with Crippen molar-refractivity contribution in [1.29, 1.82) is 0 Å². The Labute approximate surface area is 128 Å². The molecule has 0 aliphatic carbocycles. The van der Waals surface area contributed by atoms with Crippen molar-refractivity contribution in [3.63, 3.8) is 0 Å². The summed E-state index contributed by atoms with van der Waals surface area (Å²) in [6.45, 7) is 4.23. The molecule has 0 aliphatic rings. The summed E-state index contributed by atoms with van der Waals surface area (Å²) < 4.78 is 1.76. The summed E-state index contributed by atoms with van der Waals surface area (Å²) in [7, 11) is 0. The van der Waals surface area contributed by atoms with Gasteiger partial charge in [0.05, 0.1) is 22.7 Å². The largest absolute Gasteiger partial charge is 0.391 e. The van der Waals surface area contributed by atoms with Crippen LogP contribution in [0.4, 0.5) is 0 Å². The SMILES string of the molecule is CC[C@H](O)Cn1nc(C)nc1Cc1ccc(Cl)c(Cl)c1. The highest BCUT2D eigenvalue weighted by Gasteiger charge is 2.12. The highest BCUT2D eigenvalue weighted by Crippen LogP contribution is 2.23. The van der Waals surface area contributed by atoms with E-state index in [2.05, 4.69) is 10.1 Å². The lowest BCUT2D eigenvalue weighted by Gasteiger charge is -2.10. The number of aromatic nitrogens is 3. The van der Waals surface area contributed by atoms with E-state index in [-0.39, 0.29) is 0 Å². The Hall–Kier alpha value is -1.10. The first-order valence-electron chi connectivity index (χ1n) is 6.52. The van der Waals surface area contributed by atoms with Crippen LogP contribution in [-0.4, -0.2) is 26.0 Å². The van der Waals surface area contributed by atoms with Crippen LogP contribution in [0.15, 0.2) is 18.2 Å². The van der Waals surface area contributed by atoms with E-state index in [1.807, 2.05) is 26.0 Å². The van der Waals surface area contributed by atoms with Gasteiger partial charge >= 0.3 is 0 Å². The predicted molar refractivity (Wildman–Crippen MR) is 80.3 cm³/mol. The van der Waals surface area contributed by atoms with Crippen molar-refractivity contribution in [2.24, 2.45) is 0 Å². The summed E-state index contributed by atoms with van der Waals surface area (Å²) in [6.07, 6.45) is 0.878. The molecule has 0 spiro atoms. The van der Waals surface area contributed by atoms with Crippen LogP contribution in [0.5, 0.6) is 0 Å². The molecular formula is C14H17Cl2N3O. The standard InChI is InChI=1S/C14H17Cl2N3O/c1-3-11(20)8-19-14(17-9(2)18-19)7-10-4-5-12(15)13(16)6-10/h4-6,11,20H,3,7-8H2,1-2H3/t11-/m0/s1. The monoisotopic (exact) mass is 313 g/mol. The molecule has 0 unspecified atom stereocenters. The van der Waals surface area contributed by atoms with E-state index in [4.69, 9.17) is 23.2 Å². The van der Waals surface area contributed by atoms with Gasteiger partial charge < -0.3 is 5.11 Å². The molecule has 1 N–H and O–H groups in total. The minimum Gasteiger partial charge on any atom is -0.391 e. The van der Waals surface area contributed by atoms with E-state index in [9.17, 15) is 5.11 Å². The van der Waals surface area contributed by atoms with Gasteiger partial charge in [-0.1, -0.05) is 36.2 Å². The van der Waals surface area contributed by atoms with Crippen LogP contribution in [-0.2, 0) is 13.0 Å². The zero-order valence-corrected chi connectivity index (χ0v) is 13.0. The lowest BCUT2D eigenvalue weighted by molar-refractivity contribution is 0.144. The molecule has 1 aromatic carbocycles. The summed E-state index contributed by atoms with van der Waals surface area (Å²) in [5, 5.41) is 15.2. The molecule has 2 rings (SSSR count). The topological polar surface area (TPSA) is 50.9 Å². The molecule has 4 nitrogen and oxygen atoms in total. The average molecular weight is 314 g/mol. The summed E-state index contributed by atoms with van der Waals surface area (Å²) in [4.78, 5) is 4.41. The van der Waals surface area contributed by atoms with Gasteiger partial charge in [-0.25, -0.2) is 9.67 Å². The van der Waals surface area contributed by atoms with Crippen molar-refractivity contribution >= 4 is 23.2 Å². The molecule has 0 bridgehead atoms. The molecule has 6 heteroatoms. The van der Waals surface area contributed by atoms with Gasteiger partial charge in [-0.15, -0.1) is 0 Å². The fourth-order valence-corrected chi connectivity index (χ4v) is 2.26. The van der Waals surface area contributed by atoms with Crippen LogP contribution in [0.25, 0.3) is 0 Å². The van der Waals surface area contributed by atoms with Gasteiger partial charge in [0.25, 0.3) is 0 Å². The van der Waals surface area contributed by atoms with E-state index in [0.29, 0.717) is 35.3 Å². The third-order valence-electron chi connectivity index (χ3n) is 3.06. The second kappa shape index (κ2) is 6.57. The molecule has 1 aromatic heterocycles. The number of hydrogen-bond acceptors (Lipinski definition) is 3. The molecule has 20 heavy (non-hydrogen) atoms. The highest BCUT2D eigenvalue weighted by atomic mass is 35.5. The van der Waals surface area contributed by atoms with Crippen LogP contribution >= 0.6 is 23.2 Å². The number of rotatable bonds is 5. The van der Waals surface area contributed by atoms with E-state index in [1.54, 1.807) is 10.7 Å². The number of hydrogen-bond donors (Lipinski definition) is 1. The maximum absolute atomic E-state index is 9.76. The number of benzene rings is 1. The smallest absolute Gasteiger partial charge is 0.147 e. The summed E-state index contributed by atoms with van der Waals surface area (Å²) >= 11 is 11.9. The van der Waals surface area contributed by atoms with Gasteiger partial charge in [-0.3, -0.25) is 0 Å². The minimum atomic E-state index is -0.413. The van der Waals surface area contributed by atoms with E-state index in [0.717, 1.165) is 11.4 Å². The van der Waals surface area contributed by atoms with Crippen molar-refractivity contribution in [2.45, 2.75) is 39.3 Å². The first-order chi connectivity index (χ1) is 9.49. The zero-order chi connectivity index (χ0) is 14.7. The third-order valence-corrected chi connectivity index (χ3v) is 3.79. The molecule has 1 atom stereocenters. The molecule has 108 valence electrons. The number of aliphatic hydroxyl groups is 1. The lowest BCUT2D eigenvalue weighted by atomic mass is 10.1. The Morgan fingerprint density at radius 1 is 1.30 bits per heavy atom. The molecule has 0 radical (unpaired) electrons. The lowest BCUT2D eigenvalue weighted by Crippen LogP contribution is -2.18. The Balaban J connectivity index is 2.21. The van der Waals surface area contributed by atoms with Crippen LogP contribution in [0.2, 0.25) is 10.0 Å². The van der Waals surface area contributed by atoms with Crippen molar-refractivity contribution in [3.8, 4) is 0 Å². The summed E-state index contributed by atoms with van der Waals surface area (Å²) in [6, 6.07) is 5.51. The maximum Gasteiger partial charge on any atom is 0.147 e. The van der Waals surface area contributed by atoms with Gasteiger partial charge in [0.2, 0.25) is 0 Å². The van der Waals surface area contributed by atoms with Crippen LogP contribution in [0.3, 0.4) is 0 Å². The van der Waals surface area contributed by atoms with E-state index < -0.39 is 6.10 Å².